The molecule has 0 atom stereocenters. The number of carbonyl (C=O) groups is 2. The molecule has 8 heteroatoms. The van der Waals surface area contributed by atoms with Gasteiger partial charge in [-0.3, -0.25) is 14.5 Å². The summed E-state index contributed by atoms with van der Waals surface area (Å²) in [6.45, 7) is 0.342. The van der Waals surface area contributed by atoms with Gasteiger partial charge in [-0.05, 0) is 51.3 Å². The zero-order chi connectivity index (χ0) is 19.8. The number of carbonyl (C=O) groups excluding carboxylic acids is 2. The van der Waals surface area contributed by atoms with Gasteiger partial charge in [0.05, 0.1) is 18.8 Å². The second-order valence-electron chi connectivity index (χ2n) is 6.65. The maximum absolute atomic E-state index is 13.6. The Morgan fingerprint density at radius 3 is 2.52 bits per heavy atom. The molecule has 0 unspecified atom stereocenters. The summed E-state index contributed by atoms with van der Waals surface area (Å²) in [5.74, 6) is -5.29. The number of rotatable bonds is 8. The largest absolute Gasteiger partial charge is 0.355 e. The van der Waals surface area contributed by atoms with Gasteiger partial charge in [0, 0.05) is 6.54 Å². The van der Waals surface area contributed by atoms with Crippen LogP contribution in [0.2, 0.25) is 0 Å². The van der Waals surface area contributed by atoms with E-state index in [0.29, 0.717) is 6.54 Å². The van der Waals surface area contributed by atoms with E-state index in [1.54, 1.807) is 7.05 Å². The van der Waals surface area contributed by atoms with Crippen molar-refractivity contribution in [1.29, 1.82) is 0 Å². The monoisotopic (exact) mass is 383 g/mol. The Bertz CT molecular complexity index is 722. The highest BCUT2D eigenvalue weighted by Crippen LogP contribution is 2.20. The molecule has 0 heterocycles. The SMILES string of the molecule is CN(CC(=O)NCCC1=CCCCC1)CC(=O)Nc1ccc(F)c(F)c1F. The lowest BCUT2D eigenvalue weighted by atomic mass is 9.97. The zero-order valence-corrected chi connectivity index (χ0v) is 15.3. The first-order chi connectivity index (χ1) is 12.9. The number of hydrogen-bond donors (Lipinski definition) is 2. The van der Waals surface area contributed by atoms with Crippen molar-refractivity contribution in [2.24, 2.45) is 0 Å². The Morgan fingerprint density at radius 2 is 1.81 bits per heavy atom. The van der Waals surface area contributed by atoms with Crippen LogP contribution < -0.4 is 10.6 Å². The molecular weight excluding hydrogens is 359 g/mol. The van der Waals surface area contributed by atoms with Crippen molar-refractivity contribution >= 4 is 17.5 Å². The van der Waals surface area contributed by atoms with Crippen LogP contribution in [-0.4, -0.2) is 43.4 Å². The lowest BCUT2D eigenvalue weighted by Crippen LogP contribution is -2.39. The quantitative estimate of drug-likeness (QED) is 0.536. The van der Waals surface area contributed by atoms with E-state index in [9.17, 15) is 22.8 Å². The first-order valence-corrected chi connectivity index (χ1v) is 8.93. The van der Waals surface area contributed by atoms with Gasteiger partial charge in [-0.15, -0.1) is 0 Å². The van der Waals surface area contributed by atoms with Crippen LogP contribution >= 0.6 is 0 Å². The smallest absolute Gasteiger partial charge is 0.238 e. The molecule has 148 valence electrons. The number of likely N-dealkylation sites (N-methyl/N-ethyl adjacent to an activating group) is 1. The van der Waals surface area contributed by atoms with Gasteiger partial charge in [-0.2, -0.15) is 0 Å². The summed E-state index contributed by atoms with van der Waals surface area (Å²) in [7, 11) is 1.56. The molecule has 0 saturated carbocycles. The zero-order valence-electron chi connectivity index (χ0n) is 15.3. The molecule has 0 spiro atoms. The van der Waals surface area contributed by atoms with E-state index in [1.807, 2.05) is 0 Å². The van der Waals surface area contributed by atoms with Crippen molar-refractivity contribution in [1.82, 2.24) is 10.2 Å². The predicted octanol–water partition coefficient (Wildman–Crippen LogP) is 2.98. The van der Waals surface area contributed by atoms with Gasteiger partial charge in [0.2, 0.25) is 11.8 Å². The molecule has 1 aromatic carbocycles. The molecule has 27 heavy (non-hydrogen) atoms. The third-order valence-electron chi connectivity index (χ3n) is 4.29. The number of anilines is 1. The lowest BCUT2D eigenvalue weighted by molar-refractivity contribution is -0.122. The van der Waals surface area contributed by atoms with Crippen LogP contribution in [0.4, 0.5) is 18.9 Å². The van der Waals surface area contributed by atoms with Crippen LogP contribution in [0.3, 0.4) is 0 Å². The van der Waals surface area contributed by atoms with E-state index in [2.05, 4.69) is 16.7 Å². The van der Waals surface area contributed by atoms with Crippen LogP contribution in [0, 0.1) is 17.5 Å². The Kier molecular flexibility index (Phi) is 7.84. The second-order valence-corrected chi connectivity index (χ2v) is 6.65. The van der Waals surface area contributed by atoms with Crippen LogP contribution in [0.15, 0.2) is 23.8 Å². The molecule has 0 radical (unpaired) electrons. The lowest BCUT2D eigenvalue weighted by Gasteiger charge is -2.17. The summed E-state index contributed by atoms with van der Waals surface area (Å²) >= 11 is 0. The van der Waals surface area contributed by atoms with E-state index in [1.165, 1.54) is 23.3 Å². The summed E-state index contributed by atoms with van der Waals surface area (Å²) in [6, 6.07) is 1.67. The highest BCUT2D eigenvalue weighted by molar-refractivity contribution is 5.92. The van der Waals surface area contributed by atoms with Crippen molar-refractivity contribution in [2.75, 3.05) is 32.0 Å². The standard InChI is InChI=1S/C19H24F3N3O2/c1-25(11-16(26)23-10-9-13-5-3-2-4-6-13)12-17(27)24-15-8-7-14(20)18(21)19(15)22/h5,7-8H,2-4,6,9-12H2,1H3,(H,23,26)(H,24,27). The van der Waals surface area contributed by atoms with Crippen molar-refractivity contribution in [3.8, 4) is 0 Å². The highest BCUT2D eigenvalue weighted by Gasteiger charge is 2.16. The summed E-state index contributed by atoms with van der Waals surface area (Å²) < 4.78 is 39.6. The third kappa shape index (κ3) is 6.71. The van der Waals surface area contributed by atoms with Crippen molar-refractivity contribution < 1.29 is 22.8 Å². The minimum Gasteiger partial charge on any atom is -0.355 e. The van der Waals surface area contributed by atoms with Crippen molar-refractivity contribution in [2.45, 2.75) is 32.1 Å². The fourth-order valence-electron chi connectivity index (χ4n) is 2.91. The number of nitrogens with zero attached hydrogens (tertiary/aromatic N) is 1. The number of amides is 2. The molecular formula is C19H24F3N3O2. The van der Waals surface area contributed by atoms with Crippen molar-refractivity contribution in [3.05, 3.63) is 41.2 Å². The molecule has 1 aromatic rings. The van der Waals surface area contributed by atoms with Gasteiger partial charge in [0.25, 0.3) is 0 Å². The van der Waals surface area contributed by atoms with Gasteiger partial charge in [0.1, 0.15) is 0 Å². The summed E-state index contributed by atoms with van der Waals surface area (Å²) in [5.41, 5.74) is 0.917. The molecule has 0 aliphatic heterocycles. The van der Waals surface area contributed by atoms with Gasteiger partial charge < -0.3 is 10.6 Å². The molecule has 1 aliphatic carbocycles. The average Bonchev–Trinajstić information content (AvgIpc) is 2.63. The number of hydrogen-bond acceptors (Lipinski definition) is 3. The normalized spacial score (nSPS) is 14.0. The molecule has 0 saturated heterocycles. The number of allylic oxidation sites excluding steroid dienone is 1. The van der Waals surface area contributed by atoms with Crippen LogP contribution in [-0.2, 0) is 9.59 Å². The van der Waals surface area contributed by atoms with E-state index in [4.69, 9.17) is 0 Å². The fourth-order valence-corrected chi connectivity index (χ4v) is 2.91. The van der Waals surface area contributed by atoms with Gasteiger partial charge in [0.15, 0.2) is 17.5 Å². The van der Waals surface area contributed by atoms with E-state index in [-0.39, 0.29) is 19.0 Å². The molecule has 5 nitrogen and oxygen atoms in total. The Morgan fingerprint density at radius 1 is 1.07 bits per heavy atom. The van der Waals surface area contributed by atoms with Crippen LogP contribution in [0.1, 0.15) is 32.1 Å². The van der Waals surface area contributed by atoms with Crippen molar-refractivity contribution in [3.63, 3.8) is 0 Å². The Hall–Kier alpha value is -2.35. The summed E-state index contributed by atoms with van der Waals surface area (Å²) in [4.78, 5) is 25.3. The molecule has 2 rings (SSSR count). The van der Waals surface area contributed by atoms with Crippen LogP contribution in [0.25, 0.3) is 0 Å². The minimum absolute atomic E-state index is 0.00721. The fraction of sp³-hybridized carbons (Fsp3) is 0.474. The first-order valence-electron chi connectivity index (χ1n) is 8.93. The topological polar surface area (TPSA) is 61.4 Å². The Labute approximate surface area is 156 Å². The molecule has 2 amide bonds. The van der Waals surface area contributed by atoms with Crippen LogP contribution in [0.5, 0.6) is 0 Å². The molecule has 0 aromatic heterocycles. The summed E-state index contributed by atoms with van der Waals surface area (Å²) in [6.07, 6.45) is 7.64. The molecule has 0 fully saturated rings. The summed E-state index contributed by atoms with van der Waals surface area (Å²) in [5, 5.41) is 4.97. The average molecular weight is 383 g/mol. The second kappa shape index (κ2) is 10.1. The Balaban J connectivity index is 1.71. The highest BCUT2D eigenvalue weighted by atomic mass is 19.2. The van der Waals surface area contributed by atoms with E-state index < -0.39 is 29.0 Å². The minimum atomic E-state index is -1.64. The molecule has 2 N–H and O–H groups in total. The number of nitrogens with one attached hydrogen (secondary N) is 2. The maximum atomic E-state index is 13.6. The van der Waals surface area contributed by atoms with E-state index in [0.717, 1.165) is 31.4 Å². The maximum Gasteiger partial charge on any atom is 0.238 e. The van der Waals surface area contributed by atoms with Gasteiger partial charge >= 0.3 is 0 Å². The first kappa shape index (κ1) is 21.0. The number of halogens is 3. The predicted molar refractivity (Wildman–Crippen MR) is 96.6 cm³/mol. The van der Waals surface area contributed by atoms with Gasteiger partial charge in [-0.25, -0.2) is 13.2 Å². The number of benzene rings is 1. The van der Waals surface area contributed by atoms with E-state index >= 15 is 0 Å². The molecule has 0 bridgehead atoms. The third-order valence-corrected chi connectivity index (χ3v) is 4.29. The van der Waals surface area contributed by atoms with Gasteiger partial charge in [-0.1, -0.05) is 11.6 Å². The molecule has 1 aliphatic rings.